The second-order valence-electron chi connectivity index (χ2n) is 4.86. The molecule has 1 atom stereocenters. The molecule has 0 amide bonds. The monoisotopic (exact) mass is 321 g/mol. The van der Waals surface area contributed by atoms with Crippen LogP contribution in [0.1, 0.15) is 29.7 Å². The van der Waals surface area contributed by atoms with Crippen LogP contribution in [0.25, 0.3) is 0 Å². The highest BCUT2D eigenvalue weighted by atomic mass is 79.9. The first kappa shape index (κ1) is 14.1. The fourth-order valence-corrected chi connectivity index (χ4v) is 2.39. The third kappa shape index (κ3) is 3.35. The molecule has 0 spiro atoms. The Bertz CT molecular complexity index is 595. The largest absolute Gasteiger partial charge is 0.378 e. The van der Waals surface area contributed by atoms with Crippen LogP contribution in [0.15, 0.2) is 40.9 Å². The van der Waals surface area contributed by atoms with Crippen LogP contribution in [0, 0.1) is 19.7 Å². The predicted molar refractivity (Wildman–Crippen MR) is 82.1 cm³/mol. The first-order valence-electron chi connectivity index (χ1n) is 6.26. The van der Waals surface area contributed by atoms with E-state index in [9.17, 15) is 4.39 Å². The summed E-state index contributed by atoms with van der Waals surface area (Å²) < 4.78 is 13.7. The Labute approximate surface area is 122 Å². The van der Waals surface area contributed by atoms with E-state index in [1.807, 2.05) is 12.1 Å². The highest BCUT2D eigenvalue weighted by Crippen LogP contribution is 2.26. The summed E-state index contributed by atoms with van der Waals surface area (Å²) >= 11 is 3.22. The Morgan fingerprint density at radius 1 is 1.11 bits per heavy atom. The van der Waals surface area contributed by atoms with Gasteiger partial charge in [-0.25, -0.2) is 4.39 Å². The Morgan fingerprint density at radius 2 is 1.84 bits per heavy atom. The maximum absolute atomic E-state index is 13.2. The number of halogens is 2. The average Bonchev–Trinajstić information content (AvgIpc) is 2.37. The average molecular weight is 322 g/mol. The maximum atomic E-state index is 13.2. The predicted octanol–water partition coefficient (Wildman–Crippen LogP) is 5.38. The molecule has 0 aromatic heterocycles. The van der Waals surface area contributed by atoms with Crippen LogP contribution in [0.3, 0.4) is 0 Å². The Morgan fingerprint density at radius 3 is 2.53 bits per heavy atom. The van der Waals surface area contributed by atoms with Crippen molar-refractivity contribution in [1.29, 1.82) is 0 Å². The van der Waals surface area contributed by atoms with Gasteiger partial charge in [0.05, 0.1) is 4.47 Å². The molecule has 0 aliphatic carbocycles. The molecule has 0 bridgehead atoms. The topological polar surface area (TPSA) is 12.0 Å². The number of anilines is 1. The number of aryl methyl sites for hydroxylation is 2. The minimum atomic E-state index is -0.234. The molecule has 0 saturated heterocycles. The molecule has 2 rings (SSSR count). The van der Waals surface area contributed by atoms with Gasteiger partial charge in [0.2, 0.25) is 0 Å². The van der Waals surface area contributed by atoms with Crippen molar-refractivity contribution in [3.8, 4) is 0 Å². The summed E-state index contributed by atoms with van der Waals surface area (Å²) in [4.78, 5) is 0. The lowest BCUT2D eigenvalue weighted by atomic mass is 10.1. The zero-order valence-electron chi connectivity index (χ0n) is 11.3. The van der Waals surface area contributed by atoms with Gasteiger partial charge in [0.25, 0.3) is 0 Å². The van der Waals surface area contributed by atoms with E-state index in [-0.39, 0.29) is 11.9 Å². The standard InChI is InChI=1S/C16H17BrFN/c1-10-4-5-11(2)16(8-10)19-12(3)13-6-7-15(18)14(17)9-13/h4-9,12,19H,1-3H3. The molecule has 0 radical (unpaired) electrons. The van der Waals surface area contributed by atoms with Crippen molar-refractivity contribution in [3.63, 3.8) is 0 Å². The van der Waals surface area contributed by atoms with Crippen LogP contribution in [0.5, 0.6) is 0 Å². The summed E-state index contributed by atoms with van der Waals surface area (Å²) in [5, 5.41) is 3.47. The second kappa shape index (κ2) is 5.74. The fourth-order valence-electron chi connectivity index (χ4n) is 1.99. The van der Waals surface area contributed by atoms with Gasteiger partial charge in [-0.3, -0.25) is 0 Å². The number of nitrogens with one attached hydrogen (secondary N) is 1. The highest BCUT2D eigenvalue weighted by molar-refractivity contribution is 9.10. The van der Waals surface area contributed by atoms with E-state index in [2.05, 4.69) is 60.2 Å². The first-order valence-corrected chi connectivity index (χ1v) is 7.05. The summed E-state index contributed by atoms with van der Waals surface area (Å²) in [5.74, 6) is -0.234. The lowest BCUT2D eigenvalue weighted by molar-refractivity contribution is 0.619. The van der Waals surface area contributed by atoms with Crippen LogP contribution in [-0.4, -0.2) is 0 Å². The fraction of sp³-hybridized carbons (Fsp3) is 0.250. The minimum absolute atomic E-state index is 0.123. The molecule has 2 aromatic carbocycles. The van der Waals surface area contributed by atoms with Crippen molar-refractivity contribution in [2.24, 2.45) is 0 Å². The lowest BCUT2D eigenvalue weighted by Gasteiger charge is -2.18. The normalized spacial score (nSPS) is 12.3. The van der Waals surface area contributed by atoms with Gasteiger partial charge in [-0.1, -0.05) is 18.2 Å². The maximum Gasteiger partial charge on any atom is 0.137 e. The minimum Gasteiger partial charge on any atom is -0.378 e. The Balaban J connectivity index is 2.22. The number of benzene rings is 2. The van der Waals surface area contributed by atoms with Crippen LogP contribution in [0.2, 0.25) is 0 Å². The molecule has 3 heteroatoms. The molecule has 1 N–H and O–H groups in total. The molecule has 0 saturated carbocycles. The van der Waals surface area contributed by atoms with Crippen molar-refractivity contribution in [2.75, 3.05) is 5.32 Å². The van der Waals surface area contributed by atoms with Crippen molar-refractivity contribution in [3.05, 3.63) is 63.4 Å². The molecular weight excluding hydrogens is 305 g/mol. The summed E-state index contributed by atoms with van der Waals surface area (Å²) in [5.41, 5.74) is 4.60. The van der Waals surface area contributed by atoms with E-state index in [1.54, 1.807) is 0 Å². The van der Waals surface area contributed by atoms with Crippen molar-refractivity contribution in [2.45, 2.75) is 26.8 Å². The molecule has 0 aliphatic heterocycles. The van der Waals surface area contributed by atoms with Gasteiger partial charge in [-0.15, -0.1) is 0 Å². The zero-order valence-corrected chi connectivity index (χ0v) is 12.9. The highest BCUT2D eigenvalue weighted by Gasteiger charge is 2.09. The molecule has 100 valence electrons. The van der Waals surface area contributed by atoms with Gasteiger partial charge >= 0.3 is 0 Å². The molecule has 0 fully saturated rings. The lowest BCUT2D eigenvalue weighted by Crippen LogP contribution is -2.08. The third-order valence-corrected chi connectivity index (χ3v) is 3.82. The SMILES string of the molecule is Cc1ccc(C)c(NC(C)c2ccc(F)c(Br)c2)c1. The van der Waals surface area contributed by atoms with Crippen molar-refractivity contribution >= 4 is 21.6 Å². The number of hydrogen-bond acceptors (Lipinski definition) is 1. The Kier molecular flexibility index (Phi) is 4.25. The van der Waals surface area contributed by atoms with E-state index in [0.29, 0.717) is 4.47 Å². The van der Waals surface area contributed by atoms with E-state index in [0.717, 1.165) is 11.3 Å². The molecular formula is C16H17BrFN. The smallest absolute Gasteiger partial charge is 0.137 e. The van der Waals surface area contributed by atoms with Crippen molar-refractivity contribution in [1.82, 2.24) is 0 Å². The van der Waals surface area contributed by atoms with Crippen LogP contribution in [0.4, 0.5) is 10.1 Å². The molecule has 0 aliphatic rings. The van der Waals surface area contributed by atoms with Gasteiger partial charge in [-0.05, 0) is 71.6 Å². The number of hydrogen-bond donors (Lipinski definition) is 1. The van der Waals surface area contributed by atoms with E-state index >= 15 is 0 Å². The van der Waals surface area contributed by atoms with Crippen molar-refractivity contribution < 1.29 is 4.39 Å². The molecule has 2 aromatic rings. The third-order valence-electron chi connectivity index (χ3n) is 3.21. The molecule has 1 unspecified atom stereocenters. The van der Waals surface area contributed by atoms with Gasteiger partial charge in [0.15, 0.2) is 0 Å². The first-order chi connectivity index (χ1) is 8.97. The summed E-state index contributed by atoms with van der Waals surface area (Å²) in [7, 11) is 0. The van der Waals surface area contributed by atoms with Gasteiger partial charge < -0.3 is 5.32 Å². The van der Waals surface area contributed by atoms with Gasteiger partial charge in [0.1, 0.15) is 5.82 Å². The van der Waals surface area contributed by atoms with E-state index < -0.39 is 0 Å². The molecule has 19 heavy (non-hydrogen) atoms. The van der Waals surface area contributed by atoms with Crippen LogP contribution < -0.4 is 5.32 Å². The Hall–Kier alpha value is -1.35. The van der Waals surface area contributed by atoms with E-state index in [1.165, 1.54) is 17.2 Å². The van der Waals surface area contributed by atoms with Crippen LogP contribution in [-0.2, 0) is 0 Å². The number of rotatable bonds is 3. The van der Waals surface area contributed by atoms with Gasteiger partial charge in [0, 0.05) is 11.7 Å². The van der Waals surface area contributed by atoms with E-state index in [4.69, 9.17) is 0 Å². The summed E-state index contributed by atoms with van der Waals surface area (Å²) in [6, 6.07) is 11.6. The quantitative estimate of drug-likeness (QED) is 0.800. The summed E-state index contributed by atoms with van der Waals surface area (Å²) in [6.45, 7) is 6.22. The molecule has 1 nitrogen and oxygen atoms in total. The van der Waals surface area contributed by atoms with Crippen LogP contribution >= 0.6 is 15.9 Å². The molecule has 0 heterocycles. The summed E-state index contributed by atoms with van der Waals surface area (Å²) in [6.07, 6.45) is 0. The van der Waals surface area contributed by atoms with Gasteiger partial charge in [-0.2, -0.15) is 0 Å². The second-order valence-corrected chi connectivity index (χ2v) is 5.71. The zero-order chi connectivity index (χ0) is 14.0.